The van der Waals surface area contributed by atoms with Crippen LogP contribution in [0.1, 0.15) is 19.4 Å². The van der Waals surface area contributed by atoms with Gasteiger partial charge < -0.3 is 15.5 Å². The van der Waals surface area contributed by atoms with Crippen LogP contribution in [0.3, 0.4) is 0 Å². The fourth-order valence-corrected chi connectivity index (χ4v) is 2.75. The lowest BCUT2D eigenvalue weighted by Gasteiger charge is -2.21. The van der Waals surface area contributed by atoms with E-state index in [-0.39, 0.29) is 6.03 Å². The molecular formula is C19H22BrN3O. The molecule has 0 spiro atoms. The van der Waals surface area contributed by atoms with Crippen LogP contribution in [0.5, 0.6) is 0 Å². The minimum Gasteiger partial charge on any atom is -0.372 e. The highest BCUT2D eigenvalue weighted by Crippen LogP contribution is 2.17. The molecule has 0 heterocycles. The molecule has 0 unspecified atom stereocenters. The number of hydrogen-bond donors (Lipinski definition) is 2. The molecule has 0 fully saturated rings. The number of amides is 2. The van der Waals surface area contributed by atoms with Crippen molar-refractivity contribution < 1.29 is 4.79 Å². The number of carbonyl (C=O) groups excluding carboxylic acids is 1. The molecular weight excluding hydrogens is 366 g/mol. The Morgan fingerprint density at radius 1 is 1.12 bits per heavy atom. The van der Waals surface area contributed by atoms with E-state index in [1.807, 2.05) is 54.6 Å². The Morgan fingerprint density at radius 3 is 2.46 bits per heavy atom. The number of rotatable bonds is 6. The first-order valence-corrected chi connectivity index (χ1v) is 8.76. The maximum atomic E-state index is 11.9. The van der Waals surface area contributed by atoms with Crippen LogP contribution in [-0.2, 0) is 0 Å². The van der Waals surface area contributed by atoms with E-state index in [2.05, 4.69) is 45.3 Å². The lowest BCUT2D eigenvalue weighted by Crippen LogP contribution is -2.24. The van der Waals surface area contributed by atoms with Crippen LogP contribution in [0, 0.1) is 0 Å². The van der Waals surface area contributed by atoms with E-state index >= 15 is 0 Å². The number of urea groups is 1. The quantitative estimate of drug-likeness (QED) is 0.724. The van der Waals surface area contributed by atoms with Crippen LogP contribution >= 0.6 is 15.9 Å². The van der Waals surface area contributed by atoms with Crippen LogP contribution in [0.2, 0.25) is 0 Å². The van der Waals surface area contributed by atoms with Crippen LogP contribution in [-0.4, -0.2) is 19.1 Å². The summed E-state index contributed by atoms with van der Waals surface area (Å²) in [4.78, 5) is 14.2. The van der Waals surface area contributed by atoms with Gasteiger partial charge in [-0.05, 0) is 61.9 Å². The summed E-state index contributed by atoms with van der Waals surface area (Å²) in [6.45, 7) is 6.18. The molecule has 2 aromatic carbocycles. The molecule has 0 atom stereocenters. The first kappa shape index (κ1) is 18.1. The third-order valence-electron chi connectivity index (χ3n) is 3.59. The average molecular weight is 388 g/mol. The molecule has 2 amide bonds. The van der Waals surface area contributed by atoms with Gasteiger partial charge in [0.15, 0.2) is 0 Å². The fourth-order valence-electron chi connectivity index (χ4n) is 2.34. The predicted octanol–water partition coefficient (Wildman–Crippen LogP) is 5.09. The van der Waals surface area contributed by atoms with Gasteiger partial charge in [-0.3, -0.25) is 0 Å². The number of anilines is 2. The Hall–Kier alpha value is -2.27. The van der Waals surface area contributed by atoms with E-state index in [1.165, 1.54) is 0 Å². The molecule has 0 aliphatic rings. The molecule has 24 heavy (non-hydrogen) atoms. The van der Waals surface area contributed by atoms with Crippen LogP contribution < -0.4 is 15.5 Å². The molecule has 0 saturated carbocycles. The van der Waals surface area contributed by atoms with Gasteiger partial charge in [-0.15, -0.1) is 0 Å². The van der Waals surface area contributed by atoms with Gasteiger partial charge in [0, 0.05) is 35.1 Å². The third kappa shape index (κ3) is 5.42. The number of halogens is 1. The summed E-state index contributed by atoms with van der Waals surface area (Å²) < 4.78 is 1.00. The zero-order valence-electron chi connectivity index (χ0n) is 13.9. The first-order chi connectivity index (χ1) is 11.6. The van der Waals surface area contributed by atoms with Crippen molar-refractivity contribution in [2.24, 2.45) is 0 Å². The molecule has 2 N–H and O–H groups in total. The summed E-state index contributed by atoms with van der Waals surface area (Å²) in [5.41, 5.74) is 2.92. The minimum atomic E-state index is -0.267. The molecule has 4 nitrogen and oxygen atoms in total. The number of nitrogens with one attached hydrogen (secondary N) is 2. The van der Waals surface area contributed by atoms with Gasteiger partial charge in [0.2, 0.25) is 0 Å². The SMILES string of the molecule is CCN(CC)c1ccc(NC(=O)N/C=C/c2cccc(Br)c2)cc1. The van der Waals surface area contributed by atoms with E-state index in [9.17, 15) is 4.79 Å². The van der Waals surface area contributed by atoms with Crippen LogP contribution in [0.4, 0.5) is 16.2 Å². The number of carbonyl (C=O) groups is 1. The Balaban J connectivity index is 1.88. The van der Waals surface area contributed by atoms with E-state index in [4.69, 9.17) is 0 Å². The number of hydrogen-bond acceptors (Lipinski definition) is 2. The summed E-state index contributed by atoms with van der Waals surface area (Å²) >= 11 is 3.42. The molecule has 0 aliphatic carbocycles. The largest absolute Gasteiger partial charge is 0.372 e. The van der Waals surface area contributed by atoms with Crippen molar-refractivity contribution in [1.82, 2.24) is 5.32 Å². The van der Waals surface area contributed by atoms with E-state index < -0.39 is 0 Å². The van der Waals surface area contributed by atoms with Crippen molar-refractivity contribution in [2.45, 2.75) is 13.8 Å². The summed E-state index contributed by atoms with van der Waals surface area (Å²) in [6, 6.07) is 15.4. The summed E-state index contributed by atoms with van der Waals surface area (Å²) in [7, 11) is 0. The van der Waals surface area contributed by atoms with E-state index in [0.717, 1.165) is 34.5 Å². The molecule has 126 valence electrons. The zero-order valence-corrected chi connectivity index (χ0v) is 15.5. The second-order valence-electron chi connectivity index (χ2n) is 5.21. The summed E-state index contributed by atoms with van der Waals surface area (Å²) in [6.07, 6.45) is 3.47. The van der Waals surface area contributed by atoms with Crippen molar-refractivity contribution >= 4 is 39.4 Å². The Labute approximate surface area is 151 Å². The van der Waals surface area contributed by atoms with Gasteiger partial charge in [-0.1, -0.05) is 28.1 Å². The monoisotopic (exact) mass is 387 g/mol. The average Bonchev–Trinajstić information content (AvgIpc) is 2.57. The van der Waals surface area contributed by atoms with Gasteiger partial charge in [0.05, 0.1) is 0 Å². The van der Waals surface area contributed by atoms with Crippen molar-refractivity contribution in [3.63, 3.8) is 0 Å². The molecule has 0 bridgehead atoms. The van der Waals surface area contributed by atoms with Gasteiger partial charge in [-0.25, -0.2) is 4.79 Å². The molecule has 5 heteroatoms. The van der Waals surface area contributed by atoms with Crippen molar-refractivity contribution in [3.8, 4) is 0 Å². The highest BCUT2D eigenvalue weighted by molar-refractivity contribution is 9.10. The lowest BCUT2D eigenvalue weighted by molar-refractivity contribution is 0.255. The standard InChI is InChI=1S/C19H22BrN3O/c1-3-23(4-2)18-10-8-17(9-11-18)22-19(24)21-13-12-15-6-5-7-16(20)14-15/h5-14H,3-4H2,1-2H3,(H2,21,22,24)/b13-12+. The predicted molar refractivity (Wildman–Crippen MR) is 105 cm³/mol. The Bertz CT molecular complexity index is 694. The third-order valence-corrected chi connectivity index (χ3v) is 4.09. The molecule has 0 radical (unpaired) electrons. The Morgan fingerprint density at radius 2 is 1.83 bits per heavy atom. The second-order valence-corrected chi connectivity index (χ2v) is 6.12. The molecule has 0 saturated heterocycles. The zero-order chi connectivity index (χ0) is 17.4. The maximum absolute atomic E-state index is 11.9. The van der Waals surface area contributed by atoms with E-state index in [1.54, 1.807) is 6.20 Å². The van der Waals surface area contributed by atoms with Crippen LogP contribution in [0.25, 0.3) is 6.08 Å². The van der Waals surface area contributed by atoms with Gasteiger partial charge in [-0.2, -0.15) is 0 Å². The summed E-state index contributed by atoms with van der Waals surface area (Å²) in [5.74, 6) is 0. The van der Waals surface area contributed by atoms with Crippen molar-refractivity contribution in [1.29, 1.82) is 0 Å². The van der Waals surface area contributed by atoms with Gasteiger partial charge >= 0.3 is 6.03 Å². The number of nitrogens with zero attached hydrogens (tertiary/aromatic N) is 1. The molecule has 2 rings (SSSR count). The second kappa shape index (κ2) is 9.13. The van der Waals surface area contributed by atoms with Crippen molar-refractivity contribution in [2.75, 3.05) is 23.3 Å². The molecule has 0 aromatic heterocycles. The van der Waals surface area contributed by atoms with E-state index in [0.29, 0.717) is 0 Å². The molecule has 0 aliphatic heterocycles. The Kier molecular flexibility index (Phi) is 6.88. The number of benzene rings is 2. The first-order valence-electron chi connectivity index (χ1n) is 7.97. The lowest BCUT2D eigenvalue weighted by atomic mass is 10.2. The molecule has 2 aromatic rings. The van der Waals surface area contributed by atoms with Gasteiger partial charge in [0.1, 0.15) is 0 Å². The van der Waals surface area contributed by atoms with Crippen LogP contribution in [0.15, 0.2) is 59.2 Å². The minimum absolute atomic E-state index is 0.267. The highest BCUT2D eigenvalue weighted by atomic mass is 79.9. The topological polar surface area (TPSA) is 44.4 Å². The smallest absolute Gasteiger partial charge is 0.323 e. The fraction of sp³-hybridized carbons (Fsp3) is 0.211. The maximum Gasteiger partial charge on any atom is 0.323 e. The highest BCUT2D eigenvalue weighted by Gasteiger charge is 2.03. The van der Waals surface area contributed by atoms with Crippen molar-refractivity contribution in [3.05, 3.63) is 64.8 Å². The van der Waals surface area contributed by atoms with Gasteiger partial charge in [0.25, 0.3) is 0 Å². The summed E-state index contributed by atoms with van der Waals surface area (Å²) in [5, 5.41) is 5.52. The normalized spacial score (nSPS) is 10.6.